The Labute approximate surface area is 153 Å². The van der Waals surface area contributed by atoms with Gasteiger partial charge >= 0.3 is 0 Å². The number of para-hydroxylation sites is 1. The van der Waals surface area contributed by atoms with Gasteiger partial charge in [0.1, 0.15) is 11.6 Å². The molecule has 1 heterocycles. The average molecular weight is 345 g/mol. The lowest BCUT2D eigenvalue weighted by molar-refractivity contribution is 0.0273. The molecule has 2 atom stereocenters. The first-order valence-corrected chi connectivity index (χ1v) is 8.92. The van der Waals surface area contributed by atoms with Gasteiger partial charge in [-0.25, -0.2) is 4.68 Å². The molecule has 3 aromatic carbocycles. The number of aliphatic hydroxyl groups is 1. The van der Waals surface area contributed by atoms with Crippen molar-refractivity contribution in [1.29, 1.82) is 0 Å². The Balaban J connectivity index is 2.00. The van der Waals surface area contributed by atoms with Crippen molar-refractivity contribution in [2.45, 2.75) is 32.9 Å². The van der Waals surface area contributed by atoms with Crippen LogP contribution in [0.3, 0.4) is 0 Å². The average Bonchev–Trinajstić information content (AvgIpc) is 3.05. The van der Waals surface area contributed by atoms with Crippen LogP contribution in [0, 0.1) is 5.41 Å². The predicted molar refractivity (Wildman–Crippen MR) is 105 cm³/mol. The zero-order chi connectivity index (χ0) is 18.3. The van der Waals surface area contributed by atoms with Crippen LogP contribution >= 0.6 is 0 Å². The second-order valence-electron chi connectivity index (χ2n) is 7.85. The molecule has 132 valence electrons. The van der Waals surface area contributed by atoms with E-state index < -0.39 is 6.10 Å². The lowest BCUT2D eigenvalue weighted by Crippen LogP contribution is -2.36. The highest BCUT2D eigenvalue weighted by atomic mass is 16.3. The van der Waals surface area contributed by atoms with Crippen LogP contribution in [0.15, 0.2) is 66.7 Å². The van der Waals surface area contributed by atoms with E-state index in [1.165, 1.54) is 0 Å². The van der Waals surface area contributed by atoms with Gasteiger partial charge < -0.3 is 5.11 Å². The van der Waals surface area contributed by atoms with Crippen molar-refractivity contribution in [3.63, 3.8) is 0 Å². The molecular weight excluding hydrogens is 322 g/mol. The van der Waals surface area contributed by atoms with E-state index in [0.29, 0.717) is 0 Å². The van der Waals surface area contributed by atoms with Crippen molar-refractivity contribution in [2.75, 3.05) is 0 Å². The zero-order valence-electron chi connectivity index (χ0n) is 15.3. The molecule has 0 radical (unpaired) electrons. The summed E-state index contributed by atoms with van der Waals surface area (Å²) >= 11 is 0. The molecule has 1 aromatic heterocycles. The Morgan fingerprint density at radius 3 is 2.38 bits per heavy atom. The number of nitrogens with zero attached hydrogens (tertiary/aromatic N) is 3. The van der Waals surface area contributed by atoms with Gasteiger partial charge in [-0.15, -0.1) is 5.10 Å². The van der Waals surface area contributed by atoms with E-state index in [1.54, 1.807) is 0 Å². The van der Waals surface area contributed by atoms with E-state index in [-0.39, 0.29) is 11.5 Å². The van der Waals surface area contributed by atoms with Crippen molar-refractivity contribution in [3.05, 3.63) is 72.3 Å². The molecule has 0 aliphatic heterocycles. The first kappa shape index (κ1) is 16.7. The van der Waals surface area contributed by atoms with E-state index in [9.17, 15) is 5.11 Å². The summed E-state index contributed by atoms with van der Waals surface area (Å²) in [7, 11) is 0. The summed E-state index contributed by atoms with van der Waals surface area (Å²) in [6.07, 6.45) is -0.626. The van der Waals surface area contributed by atoms with Gasteiger partial charge in [-0.05, 0) is 33.9 Å². The Morgan fingerprint density at radius 2 is 1.58 bits per heavy atom. The molecule has 0 aliphatic rings. The monoisotopic (exact) mass is 345 g/mol. The Bertz CT molecular complexity index is 1060. The first-order valence-electron chi connectivity index (χ1n) is 8.92. The third-order valence-electron chi connectivity index (χ3n) is 4.97. The molecule has 26 heavy (non-hydrogen) atoms. The zero-order valence-corrected chi connectivity index (χ0v) is 15.3. The Kier molecular flexibility index (Phi) is 4.00. The molecule has 0 aliphatic carbocycles. The third-order valence-corrected chi connectivity index (χ3v) is 4.97. The second kappa shape index (κ2) is 6.22. The highest BCUT2D eigenvalue weighted by Gasteiger charge is 2.35. The highest BCUT2D eigenvalue weighted by Crippen LogP contribution is 2.37. The molecule has 0 spiro atoms. The number of hydrogen-bond donors (Lipinski definition) is 1. The molecule has 4 nitrogen and oxygen atoms in total. The molecule has 0 saturated carbocycles. The van der Waals surface area contributed by atoms with Crippen LogP contribution in [-0.2, 0) is 0 Å². The van der Waals surface area contributed by atoms with E-state index in [0.717, 1.165) is 27.4 Å². The molecular formula is C22H23N3O. The fourth-order valence-corrected chi connectivity index (χ4v) is 3.51. The van der Waals surface area contributed by atoms with E-state index in [2.05, 4.69) is 55.3 Å². The van der Waals surface area contributed by atoms with Gasteiger partial charge in [0.25, 0.3) is 0 Å². The number of fused-ring (bicyclic) bond motifs is 2. The largest absolute Gasteiger partial charge is 0.390 e. The summed E-state index contributed by atoms with van der Waals surface area (Å²) in [4.78, 5) is 0. The Hall–Kier alpha value is -2.72. The molecule has 0 bridgehead atoms. The van der Waals surface area contributed by atoms with Crippen LogP contribution < -0.4 is 0 Å². The SMILES string of the molecule is CC(C)(C)C(O)C(c1cccc2ccccc12)n1nnc2ccccc21. The minimum Gasteiger partial charge on any atom is -0.390 e. The summed E-state index contributed by atoms with van der Waals surface area (Å²) in [6.45, 7) is 6.15. The normalized spacial score (nSPS) is 14.6. The molecule has 4 aromatic rings. The van der Waals surface area contributed by atoms with Crippen LogP contribution in [0.5, 0.6) is 0 Å². The number of hydrogen-bond acceptors (Lipinski definition) is 3. The fraction of sp³-hybridized carbons (Fsp3) is 0.273. The van der Waals surface area contributed by atoms with Crippen molar-refractivity contribution in [1.82, 2.24) is 15.0 Å². The lowest BCUT2D eigenvalue weighted by atomic mass is 9.81. The number of aliphatic hydroxyl groups excluding tert-OH is 1. The molecule has 0 saturated heterocycles. The highest BCUT2D eigenvalue weighted by molar-refractivity contribution is 5.86. The summed E-state index contributed by atoms with van der Waals surface area (Å²) < 4.78 is 1.87. The predicted octanol–water partition coefficient (Wildman–Crippen LogP) is 4.58. The maximum absolute atomic E-state index is 11.3. The van der Waals surface area contributed by atoms with Gasteiger partial charge in [0.05, 0.1) is 11.6 Å². The second-order valence-corrected chi connectivity index (χ2v) is 7.85. The maximum atomic E-state index is 11.3. The molecule has 0 amide bonds. The Morgan fingerprint density at radius 1 is 0.885 bits per heavy atom. The number of benzene rings is 3. The summed E-state index contributed by atoms with van der Waals surface area (Å²) in [5.74, 6) is 0. The number of rotatable bonds is 3. The number of aromatic nitrogens is 3. The molecule has 4 heteroatoms. The molecule has 1 N–H and O–H groups in total. The summed E-state index contributed by atoms with van der Waals surface area (Å²) in [5, 5.41) is 22.3. The van der Waals surface area contributed by atoms with Crippen LogP contribution in [0.2, 0.25) is 0 Å². The summed E-state index contributed by atoms with van der Waals surface area (Å²) in [5.41, 5.74) is 2.50. The van der Waals surface area contributed by atoms with Crippen molar-refractivity contribution >= 4 is 21.8 Å². The van der Waals surface area contributed by atoms with Crippen LogP contribution in [-0.4, -0.2) is 26.2 Å². The van der Waals surface area contributed by atoms with Gasteiger partial charge in [0.2, 0.25) is 0 Å². The maximum Gasteiger partial charge on any atom is 0.113 e. The van der Waals surface area contributed by atoms with Crippen LogP contribution in [0.25, 0.3) is 21.8 Å². The van der Waals surface area contributed by atoms with Crippen LogP contribution in [0.4, 0.5) is 0 Å². The molecule has 2 unspecified atom stereocenters. The van der Waals surface area contributed by atoms with Crippen LogP contribution in [0.1, 0.15) is 32.4 Å². The van der Waals surface area contributed by atoms with Crippen molar-refractivity contribution < 1.29 is 5.11 Å². The molecule has 4 rings (SSSR count). The van der Waals surface area contributed by atoms with Gasteiger partial charge in [0, 0.05) is 0 Å². The minimum atomic E-state index is -0.626. The van der Waals surface area contributed by atoms with Gasteiger partial charge in [-0.2, -0.15) is 0 Å². The fourth-order valence-electron chi connectivity index (χ4n) is 3.51. The van der Waals surface area contributed by atoms with E-state index in [1.807, 2.05) is 47.1 Å². The smallest absolute Gasteiger partial charge is 0.113 e. The quantitative estimate of drug-likeness (QED) is 0.591. The van der Waals surface area contributed by atoms with E-state index in [4.69, 9.17) is 0 Å². The van der Waals surface area contributed by atoms with E-state index >= 15 is 0 Å². The topological polar surface area (TPSA) is 50.9 Å². The minimum absolute atomic E-state index is 0.311. The lowest BCUT2D eigenvalue weighted by Gasteiger charge is -2.34. The van der Waals surface area contributed by atoms with Gasteiger partial charge in [-0.1, -0.05) is 80.6 Å². The third kappa shape index (κ3) is 2.76. The van der Waals surface area contributed by atoms with Crippen molar-refractivity contribution in [3.8, 4) is 0 Å². The van der Waals surface area contributed by atoms with Crippen molar-refractivity contribution in [2.24, 2.45) is 5.41 Å². The standard InChI is InChI=1S/C22H23N3O/c1-22(2,3)21(26)20(25-19-14-7-6-13-18(19)23-24-25)17-12-8-10-15-9-4-5-11-16(15)17/h4-14,20-21,26H,1-3H3. The van der Waals surface area contributed by atoms with Gasteiger partial charge in [0.15, 0.2) is 0 Å². The summed E-state index contributed by atoms with van der Waals surface area (Å²) in [6, 6.07) is 22.0. The first-order chi connectivity index (χ1) is 12.5. The molecule has 0 fully saturated rings. The van der Waals surface area contributed by atoms with Gasteiger partial charge in [-0.3, -0.25) is 0 Å².